The van der Waals surface area contributed by atoms with Crippen LogP contribution < -0.4 is 0 Å². The van der Waals surface area contributed by atoms with Gasteiger partial charge in [0.15, 0.2) is 5.82 Å². The molecule has 0 bridgehead atoms. The maximum Gasteiger partial charge on any atom is 0.152 e. The average Bonchev–Trinajstić information content (AvgIpc) is 2.33. The summed E-state index contributed by atoms with van der Waals surface area (Å²) in [6, 6.07) is 3.18. The summed E-state index contributed by atoms with van der Waals surface area (Å²) < 4.78 is 14.5. The fraction of sp³-hybridized carbons (Fsp3) is 0. The number of fused-ring (bicyclic) bond motifs is 1. The largest absolute Gasteiger partial charge is 0.270 e. The Labute approximate surface area is 84.4 Å². The number of nitrogens with zero attached hydrogens (tertiary/aromatic N) is 1. The van der Waals surface area contributed by atoms with E-state index in [4.69, 9.17) is 0 Å². The molecule has 0 aliphatic carbocycles. The second-order valence-corrected chi connectivity index (χ2v) is 4.03. The number of aromatic nitrogens is 2. The van der Waals surface area contributed by atoms with E-state index in [-0.39, 0.29) is 5.82 Å². The van der Waals surface area contributed by atoms with Crippen molar-refractivity contribution in [3.8, 4) is 0 Å². The molecule has 1 N–H and O–H groups in total. The molecule has 2 nitrogen and oxygen atoms in total. The third-order valence-electron chi connectivity index (χ3n) is 1.53. The second kappa shape index (κ2) is 2.81. The minimum atomic E-state index is -0.332. The van der Waals surface area contributed by atoms with Crippen LogP contribution in [0, 0.1) is 5.82 Å². The third kappa shape index (κ3) is 1.17. The van der Waals surface area contributed by atoms with Crippen LogP contribution in [0.2, 0.25) is 0 Å². The molecule has 0 atom stereocenters. The number of rotatable bonds is 0. The number of benzene rings is 1. The molecule has 12 heavy (non-hydrogen) atoms. The minimum absolute atomic E-state index is 0.332. The molecule has 1 aromatic heterocycles. The fourth-order valence-electron chi connectivity index (χ4n) is 1.01. The Hall–Kier alpha value is -0.420. The lowest BCUT2D eigenvalue weighted by molar-refractivity contribution is 0.635. The fourth-order valence-corrected chi connectivity index (χ4v) is 1.83. The number of hydrogen-bond donors (Lipinski definition) is 1. The molecule has 1 heterocycles. The number of nitrogens with one attached hydrogen (secondary N) is 1. The lowest BCUT2D eigenvalue weighted by Gasteiger charge is -1.92. The van der Waals surface area contributed by atoms with Gasteiger partial charge < -0.3 is 0 Å². The topological polar surface area (TPSA) is 28.7 Å². The van der Waals surface area contributed by atoms with E-state index in [0.29, 0.717) is 14.6 Å². The van der Waals surface area contributed by atoms with E-state index in [1.165, 1.54) is 6.07 Å². The van der Waals surface area contributed by atoms with Gasteiger partial charge in [-0.15, -0.1) is 0 Å². The van der Waals surface area contributed by atoms with Crippen LogP contribution in [-0.4, -0.2) is 10.2 Å². The monoisotopic (exact) mass is 292 g/mol. The average molecular weight is 294 g/mol. The van der Waals surface area contributed by atoms with Gasteiger partial charge in [0, 0.05) is 9.86 Å². The first-order valence-corrected chi connectivity index (χ1v) is 4.75. The van der Waals surface area contributed by atoms with Crippen molar-refractivity contribution in [2.75, 3.05) is 0 Å². The van der Waals surface area contributed by atoms with E-state index >= 15 is 0 Å². The van der Waals surface area contributed by atoms with Crippen LogP contribution in [0.25, 0.3) is 10.9 Å². The van der Waals surface area contributed by atoms with Crippen molar-refractivity contribution >= 4 is 42.8 Å². The highest BCUT2D eigenvalue weighted by Crippen LogP contribution is 2.26. The molecule has 0 saturated heterocycles. The summed E-state index contributed by atoms with van der Waals surface area (Å²) in [6.45, 7) is 0. The number of H-pyrrole nitrogens is 1. The van der Waals surface area contributed by atoms with Gasteiger partial charge in [-0.25, -0.2) is 4.39 Å². The molecule has 62 valence electrons. The van der Waals surface area contributed by atoms with Crippen molar-refractivity contribution < 1.29 is 4.39 Å². The first-order chi connectivity index (χ1) is 5.68. The Bertz CT molecular complexity index is 438. The van der Waals surface area contributed by atoms with Gasteiger partial charge >= 0.3 is 0 Å². The van der Waals surface area contributed by atoms with Crippen LogP contribution in [0.15, 0.2) is 21.2 Å². The van der Waals surface area contributed by atoms with E-state index in [1.54, 1.807) is 6.07 Å². The van der Waals surface area contributed by atoms with E-state index in [2.05, 4.69) is 42.1 Å². The molecule has 0 radical (unpaired) electrons. The Balaban J connectivity index is 2.92. The Kier molecular flexibility index (Phi) is 1.92. The van der Waals surface area contributed by atoms with Crippen molar-refractivity contribution in [2.24, 2.45) is 0 Å². The number of hydrogen-bond acceptors (Lipinski definition) is 1. The van der Waals surface area contributed by atoms with Crippen LogP contribution in [0.3, 0.4) is 0 Å². The highest BCUT2D eigenvalue weighted by atomic mass is 79.9. The van der Waals surface area contributed by atoms with Crippen molar-refractivity contribution in [3.05, 3.63) is 27.0 Å². The lowest BCUT2D eigenvalue weighted by Crippen LogP contribution is -1.77. The molecule has 0 aliphatic heterocycles. The molecule has 0 aliphatic rings. The highest BCUT2D eigenvalue weighted by molar-refractivity contribution is 9.11. The molecule has 2 rings (SSSR count). The van der Waals surface area contributed by atoms with Gasteiger partial charge in [-0.1, -0.05) is 15.9 Å². The molecule has 0 fully saturated rings. The smallest absolute Gasteiger partial charge is 0.152 e. The van der Waals surface area contributed by atoms with E-state index in [9.17, 15) is 4.39 Å². The first kappa shape index (κ1) is 8.19. The summed E-state index contributed by atoms with van der Waals surface area (Å²) in [7, 11) is 0. The van der Waals surface area contributed by atoms with Gasteiger partial charge in [-0.3, -0.25) is 5.10 Å². The van der Waals surface area contributed by atoms with E-state index < -0.39 is 0 Å². The summed E-state index contributed by atoms with van der Waals surface area (Å²) in [6.07, 6.45) is 0. The highest BCUT2D eigenvalue weighted by Gasteiger charge is 2.08. The van der Waals surface area contributed by atoms with Crippen molar-refractivity contribution in [2.45, 2.75) is 0 Å². The SMILES string of the molecule is Fc1cc(Br)cc2c(Br)[nH]nc12. The number of aromatic amines is 1. The van der Waals surface area contributed by atoms with Crippen molar-refractivity contribution in [3.63, 3.8) is 0 Å². The molecule has 0 saturated carbocycles. The van der Waals surface area contributed by atoms with Gasteiger partial charge in [0.05, 0.1) is 0 Å². The molecular formula is C7H3Br2FN2. The summed E-state index contributed by atoms with van der Waals surface area (Å²) in [5.74, 6) is -0.332. The van der Waals surface area contributed by atoms with Crippen LogP contribution in [0.5, 0.6) is 0 Å². The quantitative estimate of drug-likeness (QED) is 0.794. The van der Waals surface area contributed by atoms with Crippen molar-refractivity contribution in [1.29, 1.82) is 0 Å². The summed E-state index contributed by atoms with van der Waals surface area (Å²) in [5, 5.41) is 7.18. The summed E-state index contributed by atoms with van der Waals surface area (Å²) >= 11 is 6.43. The Morgan fingerprint density at radius 2 is 2.08 bits per heavy atom. The molecule has 5 heteroatoms. The third-order valence-corrected chi connectivity index (χ3v) is 2.59. The Morgan fingerprint density at radius 1 is 1.33 bits per heavy atom. The van der Waals surface area contributed by atoms with Crippen LogP contribution in [0.1, 0.15) is 0 Å². The van der Waals surface area contributed by atoms with Crippen LogP contribution >= 0.6 is 31.9 Å². The van der Waals surface area contributed by atoms with Gasteiger partial charge in [0.1, 0.15) is 10.1 Å². The van der Waals surface area contributed by atoms with Gasteiger partial charge in [0.2, 0.25) is 0 Å². The predicted octanol–water partition coefficient (Wildman–Crippen LogP) is 3.23. The zero-order chi connectivity index (χ0) is 8.72. The van der Waals surface area contributed by atoms with Gasteiger partial charge in [-0.05, 0) is 28.1 Å². The van der Waals surface area contributed by atoms with E-state index in [1.807, 2.05) is 0 Å². The zero-order valence-electron chi connectivity index (χ0n) is 5.74. The molecule has 1 aromatic carbocycles. The zero-order valence-corrected chi connectivity index (χ0v) is 8.91. The summed E-state index contributed by atoms with van der Waals surface area (Å²) in [4.78, 5) is 0. The molecular weight excluding hydrogens is 291 g/mol. The van der Waals surface area contributed by atoms with E-state index in [0.717, 1.165) is 5.39 Å². The first-order valence-electron chi connectivity index (χ1n) is 3.17. The lowest BCUT2D eigenvalue weighted by atomic mass is 10.2. The summed E-state index contributed by atoms with van der Waals surface area (Å²) in [5.41, 5.74) is 0.352. The minimum Gasteiger partial charge on any atom is -0.270 e. The maximum absolute atomic E-state index is 13.1. The molecule has 2 aromatic rings. The normalized spacial score (nSPS) is 10.9. The predicted molar refractivity (Wildman–Crippen MR) is 51.5 cm³/mol. The van der Waals surface area contributed by atoms with Crippen LogP contribution in [-0.2, 0) is 0 Å². The number of halogens is 3. The second-order valence-electron chi connectivity index (χ2n) is 2.32. The standard InChI is InChI=1S/C7H3Br2FN2/c8-3-1-4-6(5(10)2-3)11-12-7(4)9/h1-2H,(H,11,12). The Morgan fingerprint density at radius 3 is 2.83 bits per heavy atom. The van der Waals surface area contributed by atoms with Crippen LogP contribution in [0.4, 0.5) is 4.39 Å². The van der Waals surface area contributed by atoms with Crippen molar-refractivity contribution in [1.82, 2.24) is 10.2 Å². The molecule has 0 amide bonds. The molecule has 0 spiro atoms. The van der Waals surface area contributed by atoms with Gasteiger partial charge in [0.25, 0.3) is 0 Å². The van der Waals surface area contributed by atoms with Gasteiger partial charge in [-0.2, -0.15) is 5.10 Å². The molecule has 0 unspecified atom stereocenters. The maximum atomic E-state index is 13.1.